The fourth-order valence-electron chi connectivity index (χ4n) is 1.75. The average molecular weight is 284 g/mol. The van der Waals surface area contributed by atoms with E-state index in [1.54, 1.807) is 6.92 Å². The summed E-state index contributed by atoms with van der Waals surface area (Å²) in [6.07, 6.45) is 1.82. The maximum absolute atomic E-state index is 11.6. The first-order valence-electron chi connectivity index (χ1n) is 6.56. The molecule has 1 rings (SSSR count). The molecule has 0 fully saturated rings. The molecule has 0 radical (unpaired) electrons. The first kappa shape index (κ1) is 15.9. The van der Waals surface area contributed by atoms with Crippen molar-refractivity contribution in [2.75, 3.05) is 6.54 Å². The zero-order valence-corrected chi connectivity index (χ0v) is 11.7. The van der Waals surface area contributed by atoms with E-state index in [0.717, 1.165) is 6.42 Å². The summed E-state index contributed by atoms with van der Waals surface area (Å²) in [5.74, 6) is 0.0818. The second-order valence-corrected chi connectivity index (χ2v) is 4.46. The second kappa shape index (κ2) is 8.13. The van der Waals surface area contributed by atoms with Gasteiger partial charge in [-0.2, -0.15) is 4.98 Å². The van der Waals surface area contributed by atoms with Crippen LogP contribution in [0.5, 0.6) is 0 Å². The molecular weight excluding hydrogens is 264 g/mol. The zero-order valence-electron chi connectivity index (χ0n) is 11.7. The van der Waals surface area contributed by atoms with E-state index in [4.69, 9.17) is 9.63 Å². The van der Waals surface area contributed by atoms with Crippen LogP contribution in [0.25, 0.3) is 0 Å². The van der Waals surface area contributed by atoms with Gasteiger partial charge in [0.05, 0.1) is 6.42 Å². The summed E-state index contributed by atoms with van der Waals surface area (Å²) in [7, 11) is 0. The van der Waals surface area contributed by atoms with Gasteiger partial charge in [0.2, 0.25) is 5.89 Å². The number of urea groups is 1. The molecule has 0 aromatic carbocycles. The summed E-state index contributed by atoms with van der Waals surface area (Å²) < 4.78 is 4.81. The maximum Gasteiger partial charge on any atom is 0.315 e. The normalized spacial score (nSPS) is 11.9. The van der Waals surface area contributed by atoms with Crippen LogP contribution < -0.4 is 10.6 Å². The number of aliphatic carboxylic acids is 1. The lowest BCUT2D eigenvalue weighted by Crippen LogP contribution is -2.43. The number of rotatable bonds is 8. The predicted molar refractivity (Wildman–Crippen MR) is 70.2 cm³/mol. The number of aromatic nitrogens is 2. The van der Waals surface area contributed by atoms with E-state index in [0.29, 0.717) is 31.1 Å². The van der Waals surface area contributed by atoms with Gasteiger partial charge in [-0.15, -0.1) is 0 Å². The Morgan fingerprint density at radius 2 is 2.20 bits per heavy atom. The van der Waals surface area contributed by atoms with Crippen LogP contribution >= 0.6 is 0 Å². The number of carbonyl (C=O) groups is 2. The van der Waals surface area contributed by atoms with Crippen LogP contribution in [0.1, 0.15) is 37.9 Å². The van der Waals surface area contributed by atoms with Gasteiger partial charge < -0.3 is 20.3 Å². The molecule has 0 aliphatic heterocycles. The number of hydrogen-bond donors (Lipinski definition) is 3. The number of carboxylic acid groups (broad SMARTS) is 1. The minimum atomic E-state index is -0.925. The van der Waals surface area contributed by atoms with Crippen LogP contribution in [0, 0.1) is 6.92 Å². The van der Waals surface area contributed by atoms with E-state index in [9.17, 15) is 9.59 Å². The fourth-order valence-corrected chi connectivity index (χ4v) is 1.75. The van der Waals surface area contributed by atoms with Crippen molar-refractivity contribution in [3.63, 3.8) is 0 Å². The minimum absolute atomic E-state index is 0.0781. The SMILES string of the molecule is CCCC(CC(=O)O)NC(=O)NCCc1noc(C)n1. The Balaban J connectivity index is 2.28. The van der Waals surface area contributed by atoms with E-state index < -0.39 is 5.97 Å². The third-order valence-electron chi connectivity index (χ3n) is 2.60. The van der Waals surface area contributed by atoms with Crippen LogP contribution in [-0.4, -0.2) is 39.8 Å². The zero-order chi connectivity index (χ0) is 15.0. The molecule has 0 spiro atoms. The van der Waals surface area contributed by atoms with E-state index in [1.807, 2.05) is 6.92 Å². The summed E-state index contributed by atoms with van der Waals surface area (Å²) in [6.45, 7) is 3.99. The molecule has 1 unspecified atom stereocenters. The molecule has 1 heterocycles. The highest BCUT2D eigenvalue weighted by Crippen LogP contribution is 2.01. The van der Waals surface area contributed by atoms with E-state index >= 15 is 0 Å². The number of nitrogens with one attached hydrogen (secondary N) is 2. The van der Waals surface area contributed by atoms with Crippen LogP contribution in [0.2, 0.25) is 0 Å². The summed E-state index contributed by atoms with van der Waals surface area (Å²) >= 11 is 0. The second-order valence-electron chi connectivity index (χ2n) is 4.46. The number of carboxylic acids is 1. The Hall–Kier alpha value is -2.12. The molecule has 3 N–H and O–H groups in total. The minimum Gasteiger partial charge on any atom is -0.481 e. The molecule has 20 heavy (non-hydrogen) atoms. The average Bonchev–Trinajstić information content (AvgIpc) is 2.74. The van der Waals surface area contributed by atoms with Gasteiger partial charge in [0.1, 0.15) is 0 Å². The highest BCUT2D eigenvalue weighted by atomic mass is 16.5. The van der Waals surface area contributed by atoms with Crippen molar-refractivity contribution in [1.29, 1.82) is 0 Å². The Morgan fingerprint density at radius 1 is 1.45 bits per heavy atom. The Bertz CT molecular complexity index is 446. The largest absolute Gasteiger partial charge is 0.481 e. The summed E-state index contributed by atoms with van der Waals surface area (Å²) in [6, 6.07) is -0.741. The topological polar surface area (TPSA) is 117 Å². The number of amides is 2. The van der Waals surface area contributed by atoms with Gasteiger partial charge in [-0.05, 0) is 6.42 Å². The molecule has 0 aliphatic rings. The molecule has 1 atom stereocenters. The van der Waals surface area contributed by atoms with Crippen molar-refractivity contribution in [3.8, 4) is 0 Å². The van der Waals surface area contributed by atoms with Gasteiger partial charge in [-0.1, -0.05) is 18.5 Å². The van der Waals surface area contributed by atoms with Crippen LogP contribution in [0.3, 0.4) is 0 Å². The maximum atomic E-state index is 11.6. The van der Waals surface area contributed by atoms with Gasteiger partial charge in [0, 0.05) is 25.9 Å². The Morgan fingerprint density at radius 3 is 2.75 bits per heavy atom. The molecule has 0 saturated carbocycles. The van der Waals surface area contributed by atoms with E-state index in [1.165, 1.54) is 0 Å². The molecule has 8 heteroatoms. The van der Waals surface area contributed by atoms with Crippen LogP contribution in [0.4, 0.5) is 4.79 Å². The molecule has 8 nitrogen and oxygen atoms in total. The molecule has 0 aliphatic carbocycles. The van der Waals surface area contributed by atoms with Gasteiger partial charge in [0.25, 0.3) is 0 Å². The summed E-state index contributed by atoms with van der Waals surface area (Å²) in [4.78, 5) is 26.3. The summed E-state index contributed by atoms with van der Waals surface area (Å²) in [5.41, 5.74) is 0. The quantitative estimate of drug-likeness (QED) is 0.651. The smallest absolute Gasteiger partial charge is 0.315 e. The number of aryl methyl sites for hydroxylation is 1. The Kier molecular flexibility index (Phi) is 6.48. The lowest BCUT2D eigenvalue weighted by atomic mass is 10.1. The van der Waals surface area contributed by atoms with Crippen molar-refractivity contribution >= 4 is 12.0 Å². The third kappa shape index (κ3) is 6.17. The first-order valence-corrected chi connectivity index (χ1v) is 6.56. The number of carbonyl (C=O) groups excluding carboxylic acids is 1. The molecule has 112 valence electrons. The number of hydrogen-bond acceptors (Lipinski definition) is 5. The summed E-state index contributed by atoms with van der Waals surface area (Å²) in [5, 5.41) is 17.7. The van der Waals surface area contributed by atoms with Gasteiger partial charge in [-0.25, -0.2) is 4.79 Å². The molecule has 1 aromatic heterocycles. The lowest BCUT2D eigenvalue weighted by molar-refractivity contribution is -0.137. The van der Waals surface area contributed by atoms with E-state index in [2.05, 4.69) is 20.8 Å². The molecule has 1 aromatic rings. The fraction of sp³-hybridized carbons (Fsp3) is 0.667. The van der Waals surface area contributed by atoms with Crippen molar-refractivity contribution in [3.05, 3.63) is 11.7 Å². The Labute approximate surface area is 116 Å². The third-order valence-corrected chi connectivity index (χ3v) is 2.60. The van der Waals surface area contributed by atoms with Gasteiger partial charge in [-0.3, -0.25) is 4.79 Å². The predicted octanol–water partition coefficient (Wildman–Crippen LogP) is 0.863. The van der Waals surface area contributed by atoms with Crippen molar-refractivity contribution in [1.82, 2.24) is 20.8 Å². The van der Waals surface area contributed by atoms with Crippen molar-refractivity contribution in [2.45, 2.75) is 45.6 Å². The van der Waals surface area contributed by atoms with Gasteiger partial charge in [0.15, 0.2) is 5.82 Å². The standard InChI is InChI=1S/C12H20N4O4/c1-3-4-9(7-11(17)18)15-12(19)13-6-5-10-14-8(2)20-16-10/h9H,3-7H2,1-2H3,(H,17,18)(H2,13,15,19). The molecule has 0 saturated heterocycles. The number of nitrogens with zero attached hydrogens (tertiary/aromatic N) is 2. The van der Waals surface area contributed by atoms with Crippen molar-refractivity contribution in [2.24, 2.45) is 0 Å². The molecule has 2 amide bonds. The van der Waals surface area contributed by atoms with Crippen LogP contribution in [-0.2, 0) is 11.2 Å². The lowest BCUT2D eigenvalue weighted by Gasteiger charge is -2.16. The van der Waals surface area contributed by atoms with E-state index in [-0.39, 0.29) is 18.5 Å². The highest BCUT2D eigenvalue weighted by molar-refractivity contribution is 5.75. The van der Waals surface area contributed by atoms with Gasteiger partial charge >= 0.3 is 12.0 Å². The molecular formula is C12H20N4O4. The first-order chi connectivity index (χ1) is 9.51. The van der Waals surface area contributed by atoms with Crippen LogP contribution in [0.15, 0.2) is 4.52 Å². The monoisotopic (exact) mass is 284 g/mol. The highest BCUT2D eigenvalue weighted by Gasteiger charge is 2.14. The van der Waals surface area contributed by atoms with Crippen molar-refractivity contribution < 1.29 is 19.2 Å². The molecule has 0 bridgehead atoms.